The number of carbonyl (C=O) groups is 1. The smallest absolute Gasteiger partial charge is 0.336 e. The molecule has 60 valence electrons. The van der Waals surface area contributed by atoms with Gasteiger partial charge in [0.05, 0.1) is 5.56 Å². The first kappa shape index (κ1) is 10.0. The van der Waals surface area contributed by atoms with Gasteiger partial charge in [-0.3, -0.25) is 0 Å². The molecule has 0 spiro atoms. The Hall–Kier alpha value is -0.960. The molecule has 3 heteroatoms. The van der Waals surface area contributed by atoms with Gasteiger partial charge >= 0.3 is 5.97 Å². The van der Waals surface area contributed by atoms with Crippen LogP contribution in [0.3, 0.4) is 0 Å². The van der Waals surface area contributed by atoms with Crippen LogP contribution in [0.1, 0.15) is 17.8 Å². The normalized spacial score (nSPS) is 8.45. The minimum absolute atomic E-state index is 0. The molecule has 1 aromatic rings. The minimum atomic E-state index is -0.939. The van der Waals surface area contributed by atoms with E-state index in [9.17, 15) is 4.79 Å². The summed E-state index contributed by atoms with van der Waals surface area (Å²) in [6.07, 6.45) is 0. The van der Waals surface area contributed by atoms with Crippen LogP contribution in [0.2, 0.25) is 0 Å². The Morgan fingerprint density at radius 1 is 1.36 bits per heavy atom. The van der Waals surface area contributed by atoms with E-state index in [0.717, 1.165) is 0 Å². The molecule has 0 amide bonds. The summed E-state index contributed by atoms with van der Waals surface area (Å²) in [5.41, 5.74) is 0.242. The Bertz CT molecular complexity index is 258. The summed E-state index contributed by atoms with van der Waals surface area (Å²) in [4.78, 5) is 10.9. The van der Waals surface area contributed by atoms with Gasteiger partial charge in [-0.25, -0.2) is 4.79 Å². The average Bonchev–Trinajstić information content (AvgIpc) is 1.88. The molecule has 0 aliphatic rings. The number of hydrogen-bond acceptors (Lipinski definition) is 2. The molecule has 0 unspecified atom stereocenters. The van der Waals surface area contributed by atoms with E-state index in [0.29, 0.717) is 4.90 Å². The van der Waals surface area contributed by atoms with Crippen molar-refractivity contribution in [2.45, 2.75) is 12.3 Å². The maximum Gasteiger partial charge on any atom is 0.336 e. The molecule has 0 bridgehead atoms. The average molecular weight is 170 g/mol. The van der Waals surface area contributed by atoms with Crippen molar-refractivity contribution in [1.29, 1.82) is 0 Å². The van der Waals surface area contributed by atoms with E-state index in [1.54, 1.807) is 18.2 Å². The fraction of sp³-hybridized carbons (Fsp3) is 0.125. The van der Waals surface area contributed by atoms with Crippen molar-refractivity contribution in [1.82, 2.24) is 0 Å². The molecule has 0 atom stereocenters. The third-order valence-corrected chi connectivity index (χ3v) is 1.52. The highest BCUT2D eigenvalue weighted by Gasteiger charge is 2.03. The predicted molar refractivity (Wildman–Crippen MR) is 47.4 cm³/mol. The van der Waals surface area contributed by atoms with E-state index >= 15 is 0 Å². The Morgan fingerprint density at radius 2 is 1.91 bits per heavy atom. The van der Waals surface area contributed by atoms with Crippen molar-refractivity contribution in [3.05, 3.63) is 29.8 Å². The molecule has 1 rings (SSSR count). The van der Waals surface area contributed by atoms with E-state index in [2.05, 4.69) is 12.6 Å². The Labute approximate surface area is 71.3 Å². The van der Waals surface area contributed by atoms with Crippen molar-refractivity contribution in [3.63, 3.8) is 0 Å². The molecule has 0 aliphatic carbocycles. The maximum atomic E-state index is 10.4. The summed E-state index contributed by atoms with van der Waals surface area (Å²) in [6.45, 7) is 0. The highest BCUT2D eigenvalue weighted by Crippen LogP contribution is 2.11. The zero-order chi connectivity index (χ0) is 7.56. The van der Waals surface area contributed by atoms with Gasteiger partial charge in [0, 0.05) is 4.90 Å². The second-order valence-electron chi connectivity index (χ2n) is 1.82. The van der Waals surface area contributed by atoms with E-state index in [4.69, 9.17) is 5.11 Å². The molecule has 0 saturated carbocycles. The minimum Gasteiger partial charge on any atom is -0.478 e. The first-order valence-corrected chi connectivity index (χ1v) is 3.18. The Balaban J connectivity index is 0.000001000. The largest absolute Gasteiger partial charge is 0.478 e. The summed E-state index contributed by atoms with van der Waals surface area (Å²) >= 11 is 3.96. The molecular formula is C8H10O2S. The summed E-state index contributed by atoms with van der Waals surface area (Å²) in [5.74, 6) is -0.939. The van der Waals surface area contributed by atoms with Gasteiger partial charge in [0.2, 0.25) is 0 Å². The van der Waals surface area contributed by atoms with E-state index < -0.39 is 5.97 Å². The molecule has 1 aromatic carbocycles. The SMILES string of the molecule is C.O=C(O)c1ccccc1S. The lowest BCUT2D eigenvalue weighted by molar-refractivity contribution is 0.0693. The summed E-state index contributed by atoms with van der Waals surface area (Å²) in [5, 5.41) is 8.52. The van der Waals surface area contributed by atoms with Crippen molar-refractivity contribution >= 4 is 18.6 Å². The standard InChI is InChI=1S/C7H6O2S.CH4/c8-7(9)5-3-1-2-4-6(5)10;/h1-4,10H,(H,8,9);1H4. The molecule has 2 nitrogen and oxygen atoms in total. The van der Waals surface area contributed by atoms with Gasteiger partial charge < -0.3 is 5.11 Å². The zero-order valence-corrected chi connectivity index (χ0v) is 6.01. The van der Waals surface area contributed by atoms with Crippen LogP contribution >= 0.6 is 12.6 Å². The van der Waals surface area contributed by atoms with Crippen LogP contribution in [-0.2, 0) is 0 Å². The summed E-state index contributed by atoms with van der Waals surface area (Å²) < 4.78 is 0. The lowest BCUT2D eigenvalue weighted by Crippen LogP contribution is -1.96. The van der Waals surface area contributed by atoms with Gasteiger partial charge in [-0.2, -0.15) is 0 Å². The Morgan fingerprint density at radius 3 is 2.27 bits per heavy atom. The second-order valence-corrected chi connectivity index (χ2v) is 2.30. The van der Waals surface area contributed by atoms with Crippen LogP contribution in [0.4, 0.5) is 0 Å². The highest BCUT2D eigenvalue weighted by atomic mass is 32.1. The maximum absolute atomic E-state index is 10.4. The van der Waals surface area contributed by atoms with Crippen LogP contribution in [0.25, 0.3) is 0 Å². The molecule has 0 saturated heterocycles. The zero-order valence-electron chi connectivity index (χ0n) is 5.11. The van der Waals surface area contributed by atoms with E-state index in [1.165, 1.54) is 6.07 Å². The molecule has 0 radical (unpaired) electrons. The molecule has 0 aromatic heterocycles. The molecule has 0 aliphatic heterocycles. The highest BCUT2D eigenvalue weighted by molar-refractivity contribution is 7.80. The number of carboxylic acids is 1. The van der Waals surface area contributed by atoms with Gasteiger partial charge in [-0.1, -0.05) is 19.6 Å². The number of benzene rings is 1. The van der Waals surface area contributed by atoms with E-state index in [-0.39, 0.29) is 13.0 Å². The van der Waals surface area contributed by atoms with Gasteiger partial charge in [0.25, 0.3) is 0 Å². The monoisotopic (exact) mass is 170 g/mol. The number of carboxylic acid groups (broad SMARTS) is 1. The fourth-order valence-corrected chi connectivity index (χ4v) is 0.911. The van der Waals surface area contributed by atoms with Crippen LogP contribution < -0.4 is 0 Å². The lowest BCUT2D eigenvalue weighted by Gasteiger charge is -1.95. The number of rotatable bonds is 1. The number of hydrogen-bond donors (Lipinski definition) is 2. The summed E-state index contributed by atoms with van der Waals surface area (Å²) in [7, 11) is 0. The number of thiol groups is 1. The topological polar surface area (TPSA) is 37.3 Å². The molecular weight excluding hydrogens is 160 g/mol. The molecule has 0 fully saturated rings. The lowest BCUT2D eigenvalue weighted by atomic mass is 10.2. The van der Waals surface area contributed by atoms with Gasteiger partial charge in [-0.15, -0.1) is 12.6 Å². The van der Waals surface area contributed by atoms with Crippen molar-refractivity contribution in [2.24, 2.45) is 0 Å². The van der Waals surface area contributed by atoms with Crippen LogP contribution in [0.5, 0.6) is 0 Å². The summed E-state index contributed by atoms with van der Waals surface area (Å²) in [6, 6.07) is 6.58. The van der Waals surface area contributed by atoms with Crippen LogP contribution in [-0.4, -0.2) is 11.1 Å². The van der Waals surface area contributed by atoms with Crippen molar-refractivity contribution in [2.75, 3.05) is 0 Å². The second kappa shape index (κ2) is 4.03. The van der Waals surface area contributed by atoms with Crippen molar-refractivity contribution < 1.29 is 9.90 Å². The van der Waals surface area contributed by atoms with Crippen molar-refractivity contribution in [3.8, 4) is 0 Å². The predicted octanol–water partition coefficient (Wildman–Crippen LogP) is 2.31. The van der Waals surface area contributed by atoms with Crippen LogP contribution in [0.15, 0.2) is 29.2 Å². The van der Waals surface area contributed by atoms with Gasteiger partial charge in [0.15, 0.2) is 0 Å². The van der Waals surface area contributed by atoms with Gasteiger partial charge in [0.1, 0.15) is 0 Å². The van der Waals surface area contributed by atoms with Crippen LogP contribution in [0, 0.1) is 0 Å². The molecule has 11 heavy (non-hydrogen) atoms. The first-order chi connectivity index (χ1) is 4.72. The number of aromatic carboxylic acids is 1. The first-order valence-electron chi connectivity index (χ1n) is 2.73. The molecule has 1 N–H and O–H groups in total. The van der Waals surface area contributed by atoms with E-state index in [1.807, 2.05) is 0 Å². The van der Waals surface area contributed by atoms with Gasteiger partial charge in [-0.05, 0) is 12.1 Å². The Kier molecular flexibility index (Phi) is 3.68. The third kappa shape index (κ3) is 2.27. The fourth-order valence-electron chi connectivity index (χ4n) is 0.654. The third-order valence-electron chi connectivity index (χ3n) is 1.13. The quantitative estimate of drug-likeness (QED) is 0.634. The molecule has 0 heterocycles.